The molecule has 1 heterocycles. The number of nitrogens with two attached hydrogens (primary N) is 1. The van der Waals surface area contributed by atoms with E-state index in [9.17, 15) is 0 Å². The van der Waals surface area contributed by atoms with Crippen molar-refractivity contribution in [2.45, 2.75) is 32.6 Å². The van der Waals surface area contributed by atoms with Gasteiger partial charge in [0, 0.05) is 26.2 Å². The Hall–Kier alpha value is -1.10. The van der Waals surface area contributed by atoms with E-state index >= 15 is 0 Å². The lowest BCUT2D eigenvalue weighted by atomic mass is 10.2. The minimum absolute atomic E-state index is 0.178. The molecule has 0 saturated carbocycles. The van der Waals surface area contributed by atoms with E-state index < -0.39 is 0 Å². The summed E-state index contributed by atoms with van der Waals surface area (Å²) in [4.78, 5) is 2.39. The molecule has 1 saturated heterocycles. The van der Waals surface area contributed by atoms with Gasteiger partial charge in [-0.3, -0.25) is 4.90 Å². The lowest BCUT2D eigenvalue weighted by Crippen LogP contribution is -2.45. The first-order valence-corrected chi connectivity index (χ1v) is 6.97. The van der Waals surface area contributed by atoms with Gasteiger partial charge in [-0.15, -0.1) is 0 Å². The Balaban J connectivity index is 1.88. The van der Waals surface area contributed by atoms with Gasteiger partial charge >= 0.3 is 0 Å². The summed E-state index contributed by atoms with van der Waals surface area (Å²) in [5, 5.41) is 0. The van der Waals surface area contributed by atoms with Crippen LogP contribution in [0.2, 0.25) is 0 Å². The number of rotatable bonds is 5. The molecule has 1 unspecified atom stereocenters. The fourth-order valence-corrected chi connectivity index (χ4v) is 2.27. The Morgan fingerprint density at radius 1 is 1.37 bits per heavy atom. The molecule has 1 fully saturated rings. The van der Waals surface area contributed by atoms with Crippen molar-refractivity contribution < 1.29 is 9.47 Å². The van der Waals surface area contributed by atoms with Crippen LogP contribution in [0.3, 0.4) is 0 Å². The molecule has 0 bridgehead atoms. The molecule has 0 spiro atoms. The molecular formula is C15H24N2O2. The van der Waals surface area contributed by atoms with Crippen LogP contribution in [0.25, 0.3) is 0 Å². The van der Waals surface area contributed by atoms with Crippen molar-refractivity contribution >= 4 is 0 Å². The summed E-state index contributed by atoms with van der Waals surface area (Å²) in [5.74, 6) is 0.931. The number of nitrogens with zero attached hydrogens (tertiary/aromatic N) is 1. The second-order valence-corrected chi connectivity index (χ2v) is 5.27. The van der Waals surface area contributed by atoms with Gasteiger partial charge in [0.25, 0.3) is 0 Å². The molecule has 4 heteroatoms. The molecule has 0 aromatic heterocycles. The third kappa shape index (κ3) is 4.49. The molecule has 1 aromatic rings. The van der Waals surface area contributed by atoms with E-state index in [-0.39, 0.29) is 12.2 Å². The Labute approximate surface area is 115 Å². The predicted molar refractivity (Wildman–Crippen MR) is 76.3 cm³/mol. The first-order chi connectivity index (χ1) is 9.17. The second-order valence-electron chi connectivity index (χ2n) is 5.27. The molecule has 2 rings (SSSR count). The standard InChI is InChI=1S/C15H24N2O2/c1-12(2)19-14-5-3-13(4-6-14)10-17-7-8-18-15(9-16)11-17/h3-6,12,15H,7-11,16H2,1-2H3. The van der Waals surface area contributed by atoms with Crippen molar-refractivity contribution in [3.8, 4) is 5.75 Å². The summed E-state index contributed by atoms with van der Waals surface area (Å²) in [6.45, 7) is 8.28. The van der Waals surface area contributed by atoms with Crippen LogP contribution in [-0.4, -0.2) is 43.3 Å². The molecule has 0 aliphatic carbocycles. The van der Waals surface area contributed by atoms with Gasteiger partial charge in [-0.05, 0) is 31.5 Å². The van der Waals surface area contributed by atoms with Gasteiger partial charge in [0.1, 0.15) is 5.75 Å². The maximum absolute atomic E-state index is 5.66. The second kappa shape index (κ2) is 6.89. The molecule has 1 aromatic carbocycles. The molecule has 4 nitrogen and oxygen atoms in total. The first kappa shape index (κ1) is 14.3. The minimum atomic E-state index is 0.178. The summed E-state index contributed by atoms with van der Waals surface area (Å²) in [5.41, 5.74) is 6.96. The average Bonchev–Trinajstić information content (AvgIpc) is 2.41. The average molecular weight is 264 g/mol. The van der Waals surface area contributed by atoms with E-state index in [1.54, 1.807) is 0 Å². The van der Waals surface area contributed by atoms with Gasteiger partial charge in [0.15, 0.2) is 0 Å². The number of hydrogen-bond donors (Lipinski definition) is 1. The molecule has 1 aliphatic rings. The Morgan fingerprint density at radius 3 is 2.74 bits per heavy atom. The van der Waals surface area contributed by atoms with Crippen molar-refractivity contribution in [2.24, 2.45) is 5.73 Å². The van der Waals surface area contributed by atoms with Crippen LogP contribution >= 0.6 is 0 Å². The molecule has 19 heavy (non-hydrogen) atoms. The Bertz CT molecular complexity index is 378. The number of hydrogen-bond acceptors (Lipinski definition) is 4. The van der Waals surface area contributed by atoms with E-state index in [1.165, 1.54) is 5.56 Å². The third-order valence-electron chi connectivity index (χ3n) is 3.19. The first-order valence-electron chi connectivity index (χ1n) is 6.97. The smallest absolute Gasteiger partial charge is 0.119 e. The zero-order valence-electron chi connectivity index (χ0n) is 11.8. The lowest BCUT2D eigenvalue weighted by Gasteiger charge is -2.32. The van der Waals surface area contributed by atoms with Gasteiger partial charge < -0.3 is 15.2 Å². The van der Waals surface area contributed by atoms with Crippen LogP contribution in [0.1, 0.15) is 19.4 Å². The highest BCUT2D eigenvalue weighted by Crippen LogP contribution is 2.16. The number of ether oxygens (including phenoxy) is 2. The summed E-state index contributed by atoms with van der Waals surface area (Å²) >= 11 is 0. The van der Waals surface area contributed by atoms with Crippen molar-refractivity contribution in [2.75, 3.05) is 26.2 Å². The van der Waals surface area contributed by atoms with Crippen molar-refractivity contribution in [3.63, 3.8) is 0 Å². The van der Waals surface area contributed by atoms with Crippen LogP contribution < -0.4 is 10.5 Å². The normalized spacial score (nSPS) is 20.7. The molecule has 2 N–H and O–H groups in total. The highest BCUT2D eigenvalue weighted by molar-refractivity contribution is 5.27. The van der Waals surface area contributed by atoms with Gasteiger partial charge in [-0.1, -0.05) is 12.1 Å². The van der Waals surface area contributed by atoms with Crippen LogP contribution in [0.4, 0.5) is 0 Å². The van der Waals surface area contributed by atoms with E-state index in [1.807, 2.05) is 26.0 Å². The predicted octanol–water partition coefficient (Wildman–Crippen LogP) is 1.63. The molecular weight excluding hydrogens is 240 g/mol. The van der Waals surface area contributed by atoms with Crippen LogP contribution in [0, 0.1) is 0 Å². The monoisotopic (exact) mass is 264 g/mol. The highest BCUT2D eigenvalue weighted by atomic mass is 16.5. The van der Waals surface area contributed by atoms with Gasteiger partial charge in [-0.2, -0.15) is 0 Å². The summed E-state index contributed by atoms with van der Waals surface area (Å²) in [6.07, 6.45) is 0.396. The third-order valence-corrected chi connectivity index (χ3v) is 3.19. The summed E-state index contributed by atoms with van der Waals surface area (Å²) < 4.78 is 11.2. The Kier molecular flexibility index (Phi) is 5.19. The van der Waals surface area contributed by atoms with Crippen LogP contribution in [-0.2, 0) is 11.3 Å². The number of benzene rings is 1. The molecule has 0 amide bonds. The SMILES string of the molecule is CC(C)Oc1ccc(CN2CCOC(CN)C2)cc1. The largest absolute Gasteiger partial charge is 0.491 e. The number of morpholine rings is 1. The van der Waals surface area contributed by atoms with Gasteiger partial charge in [0.2, 0.25) is 0 Å². The maximum Gasteiger partial charge on any atom is 0.119 e. The maximum atomic E-state index is 5.66. The van der Waals surface area contributed by atoms with Gasteiger partial charge in [-0.25, -0.2) is 0 Å². The zero-order valence-corrected chi connectivity index (χ0v) is 11.8. The van der Waals surface area contributed by atoms with Crippen LogP contribution in [0.5, 0.6) is 5.75 Å². The Morgan fingerprint density at radius 2 is 2.11 bits per heavy atom. The minimum Gasteiger partial charge on any atom is -0.491 e. The summed E-state index contributed by atoms with van der Waals surface area (Å²) in [7, 11) is 0. The van der Waals surface area contributed by atoms with Crippen LogP contribution in [0.15, 0.2) is 24.3 Å². The van der Waals surface area contributed by atoms with Crippen molar-refractivity contribution in [3.05, 3.63) is 29.8 Å². The highest BCUT2D eigenvalue weighted by Gasteiger charge is 2.18. The molecule has 1 atom stereocenters. The van der Waals surface area contributed by atoms with E-state index in [2.05, 4.69) is 17.0 Å². The molecule has 0 radical (unpaired) electrons. The zero-order chi connectivity index (χ0) is 13.7. The molecule has 1 aliphatic heterocycles. The fourth-order valence-electron chi connectivity index (χ4n) is 2.27. The lowest BCUT2D eigenvalue weighted by molar-refractivity contribution is -0.0260. The van der Waals surface area contributed by atoms with E-state index in [0.717, 1.165) is 32.0 Å². The quantitative estimate of drug-likeness (QED) is 0.878. The topological polar surface area (TPSA) is 47.7 Å². The van der Waals surface area contributed by atoms with E-state index in [4.69, 9.17) is 15.2 Å². The molecule has 106 valence electrons. The fraction of sp³-hybridized carbons (Fsp3) is 0.600. The van der Waals surface area contributed by atoms with E-state index in [0.29, 0.717) is 6.54 Å². The van der Waals surface area contributed by atoms with Gasteiger partial charge in [0.05, 0.1) is 18.8 Å². The van der Waals surface area contributed by atoms with Crippen molar-refractivity contribution in [1.82, 2.24) is 4.90 Å². The summed E-state index contributed by atoms with van der Waals surface area (Å²) in [6, 6.07) is 8.33. The van der Waals surface area contributed by atoms with Crippen molar-refractivity contribution in [1.29, 1.82) is 0 Å².